The quantitative estimate of drug-likeness (QED) is 0.188. The standard InChI is InChI=1S/C36H48N8O4/c1-23-8-6-7-11-28(23)30(42-34(46)29(37)18-27-20-40-22-41-27)19-33(45)44-21-26(25-9-4-3-5-10-25)17-32(44)36(48)43-31(35(47)38-2)16-24-12-14-39-15-13-24/h6-8,11-15,20,22,25-26,29-32H,3-5,9-10,16-19,21,37H2,1-2H3,(H,38,47)(H,40,41)(H,42,46)(H,43,48)/t26-,29+,30+,31+,32+/m1/s1. The van der Waals surface area contributed by atoms with Crippen LogP contribution in [0.25, 0.3) is 0 Å². The number of H-pyrrole nitrogens is 1. The SMILES string of the molecule is CNC(=O)[C@H](Cc1ccncc1)NC(=O)[C@@H]1C[C@@H](C2CCCCC2)CN1C(=O)C[C@H](NC(=O)[C@@H](N)Cc1cnc[nH]1)c1ccccc1C. The van der Waals surface area contributed by atoms with Gasteiger partial charge in [0, 0.05) is 50.7 Å². The molecule has 0 spiro atoms. The summed E-state index contributed by atoms with van der Waals surface area (Å²) in [6.45, 7) is 2.40. The summed E-state index contributed by atoms with van der Waals surface area (Å²) < 4.78 is 0. The van der Waals surface area contributed by atoms with E-state index in [0.717, 1.165) is 48.1 Å². The number of amides is 4. The molecule has 2 fully saturated rings. The van der Waals surface area contributed by atoms with Gasteiger partial charge in [-0.25, -0.2) is 4.98 Å². The van der Waals surface area contributed by atoms with Crippen molar-refractivity contribution in [1.82, 2.24) is 35.8 Å². The number of carbonyl (C=O) groups is 4. The summed E-state index contributed by atoms with van der Waals surface area (Å²) in [6.07, 6.45) is 13.2. The monoisotopic (exact) mass is 656 g/mol. The van der Waals surface area contributed by atoms with E-state index in [2.05, 4.69) is 30.9 Å². The first-order valence-electron chi connectivity index (χ1n) is 17.0. The van der Waals surface area contributed by atoms with Crippen LogP contribution < -0.4 is 21.7 Å². The number of benzene rings is 1. The van der Waals surface area contributed by atoms with Crippen LogP contribution in [0.5, 0.6) is 0 Å². The van der Waals surface area contributed by atoms with Crippen LogP contribution in [-0.2, 0) is 32.0 Å². The van der Waals surface area contributed by atoms with Crippen molar-refractivity contribution in [2.24, 2.45) is 17.6 Å². The third kappa shape index (κ3) is 8.85. The van der Waals surface area contributed by atoms with Gasteiger partial charge in [0.05, 0.1) is 24.8 Å². The van der Waals surface area contributed by atoms with Crippen molar-refractivity contribution in [3.05, 3.63) is 83.7 Å². The molecule has 1 aliphatic carbocycles. The van der Waals surface area contributed by atoms with Crippen molar-refractivity contribution in [1.29, 1.82) is 0 Å². The van der Waals surface area contributed by atoms with Crippen LogP contribution in [0, 0.1) is 18.8 Å². The fourth-order valence-corrected chi connectivity index (χ4v) is 7.26. The second kappa shape index (κ2) is 16.5. The number of nitrogens with two attached hydrogens (primary N) is 1. The number of nitrogens with zero attached hydrogens (tertiary/aromatic N) is 3. The molecule has 0 bridgehead atoms. The smallest absolute Gasteiger partial charge is 0.243 e. The van der Waals surface area contributed by atoms with Gasteiger partial charge in [-0.15, -0.1) is 0 Å². The minimum absolute atomic E-state index is 0.0373. The molecular weight excluding hydrogens is 608 g/mol. The highest BCUT2D eigenvalue weighted by molar-refractivity contribution is 5.93. The molecule has 5 rings (SSSR count). The summed E-state index contributed by atoms with van der Waals surface area (Å²) in [6, 6.07) is 8.21. The lowest BCUT2D eigenvalue weighted by Gasteiger charge is -2.29. The highest BCUT2D eigenvalue weighted by Gasteiger charge is 2.43. The van der Waals surface area contributed by atoms with Crippen LogP contribution in [0.15, 0.2) is 61.3 Å². The first-order chi connectivity index (χ1) is 23.2. The minimum atomic E-state index is -0.852. The van der Waals surface area contributed by atoms with Crippen LogP contribution in [0.2, 0.25) is 0 Å². The molecule has 1 saturated heterocycles. The summed E-state index contributed by atoms with van der Waals surface area (Å²) in [7, 11) is 1.54. The Balaban J connectivity index is 1.36. The van der Waals surface area contributed by atoms with Gasteiger partial charge in [0.1, 0.15) is 12.1 Å². The molecule has 2 aliphatic rings. The third-order valence-electron chi connectivity index (χ3n) is 9.93. The summed E-state index contributed by atoms with van der Waals surface area (Å²) in [5.74, 6) is -0.652. The number of hydrogen-bond donors (Lipinski definition) is 5. The lowest BCUT2D eigenvalue weighted by molar-refractivity contribution is -0.140. The molecule has 3 aromatic rings. The molecule has 5 atom stereocenters. The Morgan fingerprint density at radius 1 is 0.958 bits per heavy atom. The maximum absolute atomic E-state index is 14.3. The Labute approximate surface area is 282 Å². The van der Waals surface area contributed by atoms with Crippen LogP contribution >= 0.6 is 0 Å². The Hall–Kier alpha value is -4.58. The first kappa shape index (κ1) is 34.7. The van der Waals surface area contributed by atoms with Crippen LogP contribution in [0.3, 0.4) is 0 Å². The topological polar surface area (TPSA) is 175 Å². The summed E-state index contributed by atoms with van der Waals surface area (Å²) in [5, 5.41) is 8.67. The second-order valence-electron chi connectivity index (χ2n) is 13.2. The molecule has 1 saturated carbocycles. The van der Waals surface area contributed by atoms with Crippen LogP contribution in [0.4, 0.5) is 0 Å². The van der Waals surface area contributed by atoms with E-state index in [4.69, 9.17) is 5.73 Å². The number of likely N-dealkylation sites (N-methyl/N-ethyl adjacent to an activating group) is 1. The molecule has 1 aliphatic heterocycles. The number of carbonyl (C=O) groups excluding carboxylic acids is 4. The fourth-order valence-electron chi connectivity index (χ4n) is 7.26. The molecule has 6 N–H and O–H groups in total. The Kier molecular flexibility index (Phi) is 11.9. The molecular formula is C36H48N8O4. The summed E-state index contributed by atoms with van der Waals surface area (Å²) in [4.78, 5) is 67.3. The summed E-state index contributed by atoms with van der Waals surface area (Å²) in [5.41, 5.74) is 9.62. The predicted octanol–water partition coefficient (Wildman–Crippen LogP) is 2.50. The fraction of sp³-hybridized carbons (Fsp3) is 0.500. The predicted molar refractivity (Wildman–Crippen MR) is 181 cm³/mol. The second-order valence-corrected chi connectivity index (χ2v) is 13.2. The number of nitrogens with one attached hydrogen (secondary N) is 4. The van der Waals surface area contributed by atoms with Crippen LogP contribution in [-0.4, -0.2) is 75.2 Å². The molecule has 0 unspecified atom stereocenters. The summed E-state index contributed by atoms with van der Waals surface area (Å²) >= 11 is 0. The van der Waals surface area contributed by atoms with E-state index in [1.165, 1.54) is 12.7 Å². The number of likely N-dealkylation sites (tertiary alicyclic amines) is 1. The zero-order valence-electron chi connectivity index (χ0n) is 27.9. The van der Waals surface area contributed by atoms with Gasteiger partial charge in [-0.3, -0.25) is 24.2 Å². The van der Waals surface area contributed by atoms with E-state index in [1.807, 2.05) is 43.3 Å². The van der Waals surface area contributed by atoms with E-state index < -0.39 is 24.2 Å². The van der Waals surface area contributed by atoms with E-state index in [9.17, 15) is 19.2 Å². The molecule has 3 heterocycles. The van der Waals surface area contributed by atoms with Crippen LogP contribution in [0.1, 0.15) is 73.4 Å². The van der Waals surface area contributed by atoms with Gasteiger partial charge in [-0.1, -0.05) is 56.4 Å². The van der Waals surface area contributed by atoms with Crippen molar-refractivity contribution >= 4 is 23.6 Å². The van der Waals surface area contributed by atoms with Gasteiger partial charge in [-0.05, 0) is 54.0 Å². The lowest BCUT2D eigenvalue weighted by Crippen LogP contribution is -2.53. The van der Waals surface area contributed by atoms with Gasteiger partial charge in [0.2, 0.25) is 23.6 Å². The van der Waals surface area contributed by atoms with Gasteiger partial charge >= 0.3 is 0 Å². The number of aryl methyl sites for hydroxylation is 1. The van der Waals surface area contributed by atoms with Gasteiger partial charge in [0.15, 0.2) is 0 Å². The lowest BCUT2D eigenvalue weighted by atomic mass is 9.79. The van der Waals surface area contributed by atoms with E-state index >= 15 is 0 Å². The molecule has 1 aromatic carbocycles. The normalized spacial score (nSPS) is 20.0. The van der Waals surface area contributed by atoms with Crippen molar-refractivity contribution in [2.45, 2.75) is 88.9 Å². The zero-order valence-corrected chi connectivity index (χ0v) is 27.9. The van der Waals surface area contributed by atoms with Gasteiger partial charge in [0.25, 0.3) is 0 Å². The maximum atomic E-state index is 14.3. The molecule has 12 nitrogen and oxygen atoms in total. The first-order valence-corrected chi connectivity index (χ1v) is 17.0. The number of hydrogen-bond acceptors (Lipinski definition) is 7. The van der Waals surface area contributed by atoms with E-state index in [1.54, 1.807) is 30.5 Å². The maximum Gasteiger partial charge on any atom is 0.243 e. The van der Waals surface area contributed by atoms with Gasteiger partial charge in [-0.2, -0.15) is 0 Å². The number of aromatic amines is 1. The molecule has 48 heavy (non-hydrogen) atoms. The van der Waals surface area contributed by atoms with Crippen molar-refractivity contribution in [3.63, 3.8) is 0 Å². The highest BCUT2D eigenvalue weighted by atomic mass is 16.2. The molecule has 12 heteroatoms. The number of imidazole rings is 1. The molecule has 256 valence electrons. The Morgan fingerprint density at radius 2 is 1.71 bits per heavy atom. The highest BCUT2D eigenvalue weighted by Crippen LogP contribution is 2.38. The Bertz CT molecular complexity index is 1530. The minimum Gasteiger partial charge on any atom is -0.357 e. The van der Waals surface area contributed by atoms with E-state index in [0.29, 0.717) is 25.3 Å². The molecule has 4 amide bonds. The van der Waals surface area contributed by atoms with Crippen molar-refractivity contribution in [2.75, 3.05) is 13.6 Å². The van der Waals surface area contributed by atoms with Crippen molar-refractivity contribution in [3.8, 4) is 0 Å². The number of pyridine rings is 1. The number of rotatable bonds is 13. The third-order valence-corrected chi connectivity index (χ3v) is 9.93. The largest absolute Gasteiger partial charge is 0.357 e. The average molecular weight is 657 g/mol. The average Bonchev–Trinajstić information content (AvgIpc) is 3.79. The molecule has 2 aromatic heterocycles. The Morgan fingerprint density at radius 3 is 2.40 bits per heavy atom. The van der Waals surface area contributed by atoms with Gasteiger partial charge < -0.3 is 31.6 Å². The zero-order chi connectivity index (χ0) is 34.0. The van der Waals surface area contributed by atoms with Crippen molar-refractivity contribution < 1.29 is 19.2 Å². The number of aromatic nitrogens is 3. The molecule has 0 radical (unpaired) electrons. The van der Waals surface area contributed by atoms with E-state index in [-0.39, 0.29) is 42.4 Å².